The van der Waals surface area contributed by atoms with E-state index in [1.165, 1.54) is 0 Å². The summed E-state index contributed by atoms with van der Waals surface area (Å²) in [6.07, 6.45) is 0. The first-order valence-electron chi connectivity index (χ1n) is 12.7. The van der Waals surface area contributed by atoms with Crippen molar-refractivity contribution >= 4 is 73.9 Å². The topological polar surface area (TPSA) is 75.6 Å². The fourth-order valence-electron chi connectivity index (χ4n) is 4.02. The third-order valence-corrected chi connectivity index (χ3v) is 47.5. The van der Waals surface area contributed by atoms with Crippen molar-refractivity contribution in [3.63, 3.8) is 0 Å². The van der Waals surface area contributed by atoms with Crippen molar-refractivity contribution in [1.29, 1.82) is 0 Å². The van der Waals surface area contributed by atoms with Crippen LogP contribution in [0.15, 0.2) is 0 Å². The van der Waals surface area contributed by atoms with Gasteiger partial charge in [0.2, 0.25) is 0 Å². The zero-order valence-corrected chi connectivity index (χ0v) is 35.4. The summed E-state index contributed by atoms with van der Waals surface area (Å²) in [7, 11) is -23.2. The molecule has 0 heterocycles. The number of hydrogen-bond donors (Lipinski definition) is 1. The monoisotopic (exact) mass is 650 g/mol. The zero-order valence-electron chi connectivity index (χ0n) is 26.4. The summed E-state index contributed by atoms with van der Waals surface area (Å²) in [5.41, 5.74) is 0. The van der Waals surface area contributed by atoms with Crippen LogP contribution < -0.4 is 0 Å². The van der Waals surface area contributed by atoms with E-state index >= 15 is 0 Å². The Morgan fingerprint density at radius 2 is 0.486 bits per heavy atom. The van der Waals surface area contributed by atoms with E-state index in [1.54, 1.807) is 0 Å². The predicted molar refractivity (Wildman–Crippen MR) is 172 cm³/mol. The molecule has 0 rings (SSSR count). The lowest BCUT2D eigenvalue weighted by atomic mass is 11.8. The quantitative estimate of drug-likeness (QED) is 0.210. The van der Waals surface area contributed by atoms with Gasteiger partial charge < -0.3 is 29.5 Å². The van der Waals surface area contributed by atoms with E-state index in [2.05, 4.69) is 111 Å². The molecule has 0 aromatic heterocycles. The summed E-state index contributed by atoms with van der Waals surface area (Å²) in [5, 5.41) is 0. The van der Waals surface area contributed by atoms with Crippen LogP contribution in [0.4, 0.5) is 0 Å². The van der Waals surface area contributed by atoms with Crippen LogP contribution >= 0.6 is 0 Å². The van der Waals surface area contributed by atoms with Crippen molar-refractivity contribution < 1.29 is 29.5 Å². The molecule has 16 heteroatoms. The van der Waals surface area contributed by atoms with Crippen molar-refractivity contribution in [3.05, 3.63) is 0 Å². The lowest BCUT2D eigenvalue weighted by molar-refractivity contribution is 0.293. The molecule has 0 saturated heterocycles. The third-order valence-electron chi connectivity index (χ3n) is 4.57. The average molecular weight is 651 g/mol. The Labute approximate surface area is 226 Å². The molecule has 35 heavy (non-hydrogen) atoms. The molecule has 0 radical (unpaired) electrons. The van der Waals surface area contributed by atoms with Gasteiger partial charge in [0.05, 0.1) is 0 Å². The molecule has 0 aromatic rings. The molecule has 0 saturated carbocycles. The van der Waals surface area contributed by atoms with Crippen molar-refractivity contribution in [2.24, 2.45) is 0 Å². The Balaban J connectivity index is 7.15. The maximum atomic E-state index is 12.0. The highest BCUT2D eigenvalue weighted by Gasteiger charge is 2.69. The minimum atomic E-state index is -3.39. The molecular weight excluding hydrogens is 593 g/mol. The highest BCUT2D eigenvalue weighted by atomic mass is 29.3. The molecule has 0 aliphatic carbocycles. The molecule has 3 atom stereocenters. The molecule has 0 amide bonds. The van der Waals surface area contributed by atoms with Gasteiger partial charge in [-0.15, -0.1) is 0 Å². The number of rotatable bonds is 14. The predicted octanol–water partition coefficient (Wildman–Crippen LogP) is 6.70. The van der Waals surface area contributed by atoms with Crippen LogP contribution in [0.5, 0.6) is 0 Å². The van der Waals surface area contributed by atoms with Crippen LogP contribution in [0.25, 0.3) is 0 Å². The lowest BCUT2D eigenvalue weighted by Gasteiger charge is -2.53. The molecule has 0 aliphatic rings. The fraction of sp³-hybridized carbons (Fsp3) is 1.00. The van der Waals surface area contributed by atoms with Crippen molar-refractivity contribution in [3.8, 4) is 0 Å². The third kappa shape index (κ3) is 13.0. The molecule has 0 aliphatic heterocycles. The molecular formula is C19H58O7Si9. The standard InChI is InChI=1S/C19H58O7Si9/c1-27(2,3)21-32(16,20)33(17,22-28(4,5)6)26-35(19,25-31(13,14)15)34(18,23-29(7,8)9)24-30(10,11)12/h20H,1-19H3. The van der Waals surface area contributed by atoms with E-state index in [4.69, 9.17) is 24.7 Å². The largest absolute Gasteiger partial charge is 0.436 e. The molecule has 0 spiro atoms. The van der Waals surface area contributed by atoms with Crippen LogP contribution in [0.2, 0.25) is 124 Å². The van der Waals surface area contributed by atoms with E-state index in [0.29, 0.717) is 0 Å². The van der Waals surface area contributed by atoms with E-state index in [9.17, 15) is 4.80 Å². The summed E-state index contributed by atoms with van der Waals surface area (Å²) in [6.45, 7) is 40.6. The Bertz CT molecular complexity index is 690. The first-order valence-corrected chi connectivity index (χ1v) is 41.0. The van der Waals surface area contributed by atoms with Crippen molar-refractivity contribution in [1.82, 2.24) is 0 Å². The minimum absolute atomic E-state index is 1.86. The van der Waals surface area contributed by atoms with Gasteiger partial charge in [0.15, 0.2) is 41.6 Å². The van der Waals surface area contributed by atoms with Crippen molar-refractivity contribution in [2.45, 2.75) is 124 Å². The zero-order chi connectivity index (χ0) is 28.7. The van der Waals surface area contributed by atoms with Gasteiger partial charge in [-0.05, 0) is 124 Å². The lowest BCUT2D eigenvalue weighted by Crippen LogP contribution is -2.80. The first-order chi connectivity index (χ1) is 14.7. The second-order valence-electron chi connectivity index (χ2n) is 15.0. The maximum absolute atomic E-state index is 12.0. The highest BCUT2D eigenvalue weighted by Crippen LogP contribution is 2.38. The summed E-state index contributed by atoms with van der Waals surface area (Å²) < 4.78 is 41.8. The van der Waals surface area contributed by atoms with Gasteiger partial charge in [0.1, 0.15) is 0 Å². The average Bonchev–Trinajstić information content (AvgIpc) is 2.34. The fourth-order valence-corrected chi connectivity index (χ4v) is 67.3. The van der Waals surface area contributed by atoms with E-state index in [1.807, 2.05) is 13.1 Å². The summed E-state index contributed by atoms with van der Waals surface area (Å²) in [4.78, 5) is 12.0. The molecule has 212 valence electrons. The van der Waals surface area contributed by atoms with Crippen LogP contribution in [-0.2, 0) is 24.7 Å². The summed E-state index contributed by atoms with van der Waals surface area (Å²) >= 11 is 0. The molecule has 7 nitrogen and oxygen atoms in total. The van der Waals surface area contributed by atoms with E-state index in [-0.39, 0.29) is 0 Å². The van der Waals surface area contributed by atoms with Gasteiger partial charge in [0.25, 0.3) is 0 Å². The molecule has 0 aromatic carbocycles. The first kappa shape index (κ1) is 36.7. The van der Waals surface area contributed by atoms with Crippen molar-refractivity contribution in [2.75, 3.05) is 0 Å². The summed E-state index contributed by atoms with van der Waals surface area (Å²) in [5.74, 6) is 0. The van der Waals surface area contributed by atoms with E-state index in [0.717, 1.165) is 0 Å². The normalized spacial score (nSPS) is 20.2. The van der Waals surface area contributed by atoms with Gasteiger partial charge in [-0.2, -0.15) is 0 Å². The van der Waals surface area contributed by atoms with Crippen LogP contribution in [0.1, 0.15) is 0 Å². The van der Waals surface area contributed by atoms with Crippen LogP contribution in [-0.4, -0.2) is 78.7 Å². The Morgan fingerprint density at radius 3 is 0.714 bits per heavy atom. The Kier molecular flexibility index (Phi) is 11.8. The van der Waals surface area contributed by atoms with Crippen LogP contribution in [0, 0.1) is 0 Å². The molecule has 1 N–H and O–H groups in total. The molecule has 3 unspecified atom stereocenters. The number of hydrogen-bond acceptors (Lipinski definition) is 7. The summed E-state index contributed by atoms with van der Waals surface area (Å²) in [6, 6.07) is 0. The van der Waals surface area contributed by atoms with Crippen LogP contribution in [0.3, 0.4) is 0 Å². The van der Waals surface area contributed by atoms with Gasteiger partial charge in [-0.3, -0.25) is 0 Å². The second-order valence-corrected chi connectivity index (χ2v) is 59.6. The molecule has 0 fully saturated rings. The van der Waals surface area contributed by atoms with Gasteiger partial charge in [-0.1, -0.05) is 0 Å². The van der Waals surface area contributed by atoms with E-state index < -0.39 is 73.9 Å². The van der Waals surface area contributed by atoms with Gasteiger partial charge in [0, 0.05) is 0 Å². The smallest absolute Gasteiger partial charge is 0.366 e. The van der Waals surface area contributed by atoms with Gasteiger partial charge in [-0.25, -0.2) is 0 Å². The maximum Gasteiger partial charge on any atom is 0.366 e. The Hall–Kier alpha value is 1.67. The SMILES string of the molecule is C[Si](C)(C)O[Si](C)(O)[Si](C)(O[Si](C)(C)C)O[Si](C)(O[Si](C)(C)C)[Si](C)(O[Si](C)(C)C)O[Si](C)(C)C. The Morgan fingerprint density at radius 1 is 0.286 bits per heavy atom. The second kappa shape index (κ2) is 11.3. The van der Waals surface area contributed by atoms with Gasteiger partial charge >= 0.3 is 32.3 Å². The highest BCUT2D eigenvalue weighted by molar-refractivity contribution is 7.41. The minimum Gasteiger partial charge on any atom is -0.436 e. The molecule has 0 bridgehead atoms.